The van der Waals surface area contributed by atoms with Crippen LogP contribution in [0.15, 0.2) is 22.7 Å². The minimum atomic E-state index is -0.317. The van der Waals surface area contributed by atoms with Gasteiger partial charge in [0.05, 0.1) is 5.69 Å². The number of aromatic nitrogens is 3. The zero-order valence-corrected chi connectivity index (χ0v) is 10.2. The van der Waals surface area contributed by atoms with Crippen molar-refractivity contribution in [1.29, 1.82) is 0 Å². The molecule has 0 saturated heterocycles. The van der Waals surface area contributed by atoms with E-state index in [1.807, 2.05) is 0 Å². The van der Waals surface area contributed by atoms with Crippen LogP contribution in [0.4, 0.5) is 6.01 Å². The van der Waals surface area contributed by atoms with Crippen LogP contribution in [0.5, 0.6) is 0 Å². The third-order valence-corrected chi connectivity index (χ3v) is 2.88. The number of nitrogens with zero attached hydrogens (tertiary/aromatic N) is 3. The van der Waals surface area contributed by atoms with Crippen molar-refractivity contribution in [1.82, 2.24) is 15.2 Å². The van der Waals surface area contributed by atoms with E-state index >= 15 is 0 Å². The Balaban J connectivity index is 1.72. The molecule has 98 valence electrons. The molecule has 3 N–H and O–H groups in total. The van der Waals surface area contributed by atoms with E-state index in [9.17, 15) is 4.79 Å². The fourth-order valence-corrected chi connectivity index (χ4v) is 1.68. The number of hydrogen-bond donors (Lipinski definition) is 2. The standard InChI is InChI=1S/C12H13N5O2/c13-6-9-5-8(3-4-14-9)10(18)15-12-17-16-11(19-12)7-1-2-7/h3-5,7H,1-2,6,13H2,(H,15,17,18). The smallest absolute Gasteiger partial charge is 0.322 e. The molecule has 1 aliphatic carbocycles. The molecule has 1 amide bonds. The largest absolute Gasteiger partial charge is 0.408 e. The van der Waals surface area contributed by atoms with Crippen molar-refractivity contribution in [3.63, 3.8) is 0 Å². The number of rotatable bonds is 4. The SMILES string of the molecule is NCc1cc(C(=O)Nc2nnc(C3CC3)o2)ccn1. The molecule has 0 spiro atoms. The van der Waals surface area contributed by atoms with Gasteiger partial charge in [-0.15, -0.1) is 5.10 Å². The third kappa shape index (κ3) is 2.60. The minimum absolute atomic E-state index is 0.123. The number of nitrogens with two attached hydrogens (primary N) is 1. The van der Waals surface area contributed by atoms with E-state index in [2.05, 4.69) is 20.5 Å². The van der Waals surface area contributed by atoms with Crippen molar-refractivity contribution in [2.75, 3.05) is 5.32 Å². The van der Waals surface area contributed by atoms with Crippen molar-refractivity contribution in [3.05, 3.63) is 35.5 Å². The molecule has 1 aliphatic rings. The van der Waals surface area contributed by atoms with Crippen molar-refractivity contribution < 1.29 is 9.21 Å². The Labute approximate surface area is 109 Å². The van der Waals surface area contributed by atoms with Crippen LogP contribution >= 0.6 is 0 Å². The number of carbonyl (C=O) groups excluding carboxylic acids is 1. The first kappa shape index (κ1) is 11.8. The van der Waals surface area contributed by atoms with E-state index < -0.39 is 0 Å². The second-order valence-electron chi connectivity index (χ2n) is 4.41. The quantitative estimate of drug-likeness (QED) is 0.849. The summed E-state index contributed by atoms with van der Waals surface area (Å²) in [5, 5.41) is 10.3. The molecule has 0 atom stereocenters. The lowest BCUT2D eigenvalue weighted by Crippen LogP contribution is -2.13. The van der Waals surface area contributed by atoms with Crippen LogP contribution in [0.1, 0.15) is 40.7 Å². The molecule has 7 heteroatoms. The van der Waals surface area contributed by atoms with E-state index in [0.717, 1.165) is 12.8 Å². The van der Waals surface area contributed by atoms with Gasteiger partial charge in [-0.25, -0.2) is 0 Å². The normalized spacial score (nSPS) is 14.4. The average molecular weight is 259 g/mol. The van der Waals surface area contributed by atoms with Gasteiger partial charge in [0.25, 0.3) is 5.91 Å². The van der Waals surface area contributed by atoms with E-state index in [-0.39, 0.29) is 18.5 Å². The van der Waals surface area contributed by atoms with Crippen LogP contribution in [-0.2, 0) is 6.54 Å². The number of nitrogens with one attached hydrogen (secondary N) is 1. The highest BCUT2D eigenvalue weighted by molar-refractivity contribution is 6.03. The zero-order valence-electron chi connectivity index (χ0n) is 10.2. The average Bonchev–Trinajstić information content (AvgIpc) is 3.19. The summed E-state index contributed by atoms with van der Waals surface area (Å²) in [7, 11) is 0. The fourth-order valence-electron chi connectivity index (χ4n) is 1.68. The van der Waals surface area contributed by atoms with Gasteiger partial charge >= 0.3 is 6.01 Å². The highest BCUT2D eigenvalue weighted by atomic mass is 16.4. The van der Waals surface area contributed by atoms with Gasteiger partial charge in [0.1, 0.15) is 0 Å². The molecule has 3 rings (SSSR count). The van der Waals surface area contributed by atoms with Gasteiger partial charge in [-0.05, 0) is 25.0 Å². The Morgan fingerprint density at radius 2 is 2.32 bits per heavy atom. The van der Waals surface area contributed by atoms with Gasteiger partial charge in [-0.2, -0.15) is 0 Å². The van der Waals surface area contributed by atoms with Crippen LogP contribution in [0.25, 0.3) is 0 Å². The summed E-state index contributed by atoms with van der Waals surface area (Å²) in [5.41, 5.74) is 6.59. The summed E-state index contributed by atoms with van der Waals surface area (Å²) < 4.78 is 5.36. The molecule has 1 fully saturated rings. The van der Waals surface area contributed by atoms with Crippen molar-refractivity contribution >= 4 is 11.9 Å². The fraction of sp³-hybridized carbons (Fsp3) is 0.333. The lowest BCUT2D eigenvalue weighted by atomic mass is 10.2. The van der Waals surface area contributed by atoms with Gasteiger partial charge in [-0.1, -0.05) is 5.10 Å². The third-order valence-electron chi connectivity index (χ3n) is 2.88. The number of anilines is 1. The van der Waals surface area contributed by atoms with Crippen molar-refractivity contribution in [2.24, 2.45) is 5.73 Å². The Bertz CT molecular complexity index is 606. The summed E-state index contributed by atoms with van der Waals surface area (Å²) in [6.45, 7) is 0.285. The molecule has 19 heavy (non-hydrogen) atoms. The molecule has 2 aromatic heterocycles. The number of amides is 1. The summed E-state index contributed by atoms with van der Waals surface area (Å²) in [6.07, 6.45) is 3.68. The molecule has 0 aromatic carbocycles. The predicted molar refractivity (Wildman–Crippen MR) is 66.4 cm³/mol. The highest BCUT2D eigenvalue weighted by Gasteiger charge is 2.29. The number of carbonyl (C=O) groups is 1. The predicted octanol–water partition coefficient (Wildman–Crippen LogP) is 1.05. The van der Waals surface area contributed by atoms with Crippen LogP contribution in [-0.4, -0.2) is 21.1 Å². The molecular weight excluding hydrogens is 246 g/mol. The van der Waals surface area contributed by atoms with Crippen molar-refractivity contribution in [3.8, 4) is 0 Å². The first-order chi connectivity index (χ1) is 9.26. The summed E-state index contributed by atoms with van der Waals surface area (Å²) in [5.74, 6) is 0.638. The van der Waals surface area contributed by atoms with Crippen LogP contribution in [0, 0.1) is 0 Å². The molecule has 7 nitrogen and oxygen atoms in total. The minimum Gasteiger partial charge on any atom is -0.408 e. The van der Waals surface area contributed by atoms with E-state index in [1.54, 1.807) is 18.3 Å². The summed E-state index contributed by atoms with van der Waals surface area (Å²) in [6, 6.07) is 3.36. The topological polar surface area (TPSA) is 107 Å². The van der Waals surface area contributed by atoms with E-state index in [0.29, 0.717) is 23.1 Å². The number of hydrogen-bond acceptors (Lipinski definition) is 6. The zero-order chi connectivity index (χ0) is 13.2. The lowest BCUT2D eigenvalue weighted by Gasteiger charge is -2.02. The number of pyridine rings is 1. The molecule has 1 saturated carbocycles. The Kier molecular flexibility index (Phi) is 2.96. The molecule has 0 aliphatic heterocycles. The van der Waals surface area contributed by atoms with Gasteiger partial charge in [0.15, 0.2) is 0 Å². The van der Waals surface area contributed by atoms with Gasteiger partial charge in [-0.3, -0.25) is 15.1 Å². The molecule has 0 radical (unpaired) electrons. The van der Waals surface area contributed by atoms with Gasteiger partial charge < -0.3 is 10.2 Å². The molecule has 0 unspecified atom stereocenters. The summed E-state index contributed by atoms with van der Waals surface area (Å²) >= 11 is 0. The van der Waals surface area contributed by atoms with Crippen LogP contribution in [0.3, 0.4) is 0 Å². The second-order valence-corrected chi connectivity index (χ2v) is 4.41. The molecule has 2 heterocycles. The Morgan fingerprint density at radius 1 is 1.47 bits per heavy atom. The first-order valence-corrected chi connectivity index (χ1v) is 6.06. The monoisotopic (exact) mass is 259 g/mol. The maximum atomic E-state index is 12.0. The molecular formula is C12H13N5O2. The van der Waals surface area contributed by atoms with Crippen LogP contribution < -0.4 is 11.1 Å². The van der Waals surface area contributed by atoms with E-state index in [4.69, 9.17) is 10.2 Å². The summed E-state index contributed by atoms with van der Waals surface area (Å²) in [4.78, 5) is 16.0. The molecule has 0 bridgehead atoms. The van der Waals surface area contributed by atoms with Gasteiger partial charge in [0, 0.05) is 24.2 Å². The second kappa shape index (κ2) is 4.77. The lowest BCUT2D eigenvalue weighted by molar-refractivity contribution is 0.102. The Morgan fingerprint density at radius 3 is 3.05 bits per heavy atom. The Hall–Kier alpha value is -2.28. The van der Waals surface area contributed by atoms with Crippen LogP contribution in [0.2, 0.25) is 0 Å². The highest BCUT2D eigenvalue weighted by Crippen LogP contribution is 2.39. The van der Waals surface area contributed by atoms with Crippen molar-refractivity contribution in [2.45, 2.75) is 25.3 Å². The maximum absolute atomic E-state index is 12.0. The maximum Gasteiger partial charge on any atom is 0.322 e. The molecule has 2 aromatic rings. The first-order valence-electron chi connectivity index (χ1n) is 6.06. The van der Waals surface area contributed by atoms with Gasteiger partial charge in [0.2, 0.25) is 5.89 Å². The van der Waals surface area contributed by atoms with E-state index in [1.165, 1.54) is 0 Å².